The lowest BCUT2D eigenvalue weighted by molar-refractivity contribution is 0.1000. The van der Waals surface area contributed by atoms with Gasteiger partial charge in [-0.15, -0.1) is 0 Å². The quantitative estimate of drug-likeness (QED) is 0.724. The summed E-state index contributed by atoms with van der Waals surface area (Å²) in [7, 11) is 0. The van der Waals surface area contributed by atoms with Crippen molar-refractivity contribution in [3.8, 4) is 0 Å². The minimum absolute atomic E-state index is 0.198. The Bertz CT molecular complexity index is 895. The van der Waals surface area contributed by atoms with Gasteiger partial charge in [-0.1, -0.05) is 24.3 Å². The molecule has 3 amide bonds. The number of urea groups is 1. The highest BCUT2D eigenvalue weighted by Crippen LogP contribution is 2.31. The number of pyridine rings is 1. The highest BCUT2D eigenvalue weighted by atomic mass is 16.3. The zero-order valence-electron chi connectivity index (χ0n) is 15.4. The average Bonchev–Trinajstić information content (AvgIpc) is 3.03. The third-order valence-corrected chi connectivity index (χ3v) is 5.40. The van der Waals surface area contributed by atoms with Crippen molar-refractivity contribution in [2.45, 2.75) is 18.6 Å². The van der Waals surface area contributed by atoms with E-state index in [1.165, 1.54) is 0 Å². The van der Waals surface area contributed by atoms with Gasteiger partial charge in [0.15, 0.2) is 0 Å². The van der Waals surface area contributed by atoms with Gasteiger partial charge in [-0.3, -0.25) is 4.79 Å². The number of amides is 3. The fourth-order valence-corrected chi connectivity index (χ4v) is 3.93. The molecule has 1 aliphatic carbocycles. The molecule has 4 rings (SSSR count). The van der Waals surface area contributed by atoms with Crippen molar-refractivity contribution in [1.82, 2.24) is 15.2 Å². The first-order valence-corrected chi connectivity index (χ1v) is 9.35. The van der Waals surface area contributed by atoms with Crippen LogP contribution in [-0.2, 0) is 6.42 Å². The van der Waals surface area contributed by atoms with Gasteiger partial charge in [0, 0.05) is 38.8 Å². The number of carbonyl (C=O) groups excluding carboxylic acids is 2. The van der Waals surface area contributed by atoms with E-state index < -0.39 is 12.0 Å². The predicted molar refractivity (Wildman–Crippen MR) is 104 cm³/mol. The van der Waals surface area contributed by atoms with Crippen LogP contribution in [0.25, 0.3) is 0 Å². The lowest BCUT2D eigenvalue weighted by Gasteiger charge is -2.36. The van der Waals surface area contributed by atoms with Gasteiger partial charge < -0.3 is 26.0 Å². The Morgan fingerprint density at radius 1 is 1.11 bits per heavy atom. The first-order valence-electron chi connectivity index (χ1n) is 9.35. The number of fused-ring (bicyclic) bond motifs is 1. The van der Waals surface area contributed by atoms with Crippen LogP contribution < -0.4 is 16.0 Å². The Hall–Kier alpha value is -3.13. The molecule has 1 fully saturated rings. The molecule has 28 heavy (non-hydrogen) atoms. The Morgan fingerprint density at radius 2 is 1.86 bits per heavy atom. The minimum atomic E-state index is -0.616. The summed E-state index contributed by atoms with van der Waals surface area (Å²) in [5, 5.41) is 13.3. The van der Waals surface area contributed by atoms with Gasteiger partial charge in [0.1, 0.15) is 5.82 Å². The van der Waals surface area contributed by atoms with Crippen molar-refractivity contribution in [3.63, 3.8) is 0 Å². The minimum Gasteiger partial charge on any atom is -0.390 e. The van der Waals surface area contributed by atoms with Crippen LogP contribution in [0.2, 0.25) is 0 Å². The standard InChI is InChI=1S/C20H23N5O3/c21-18(27)15-6-3-7-22-19(15)24-8-10-25(11-9-24)20(28)23-17-14-5-2-1-4-13(14)12-16(17)26/h1-7,16-17,26H,8-12H2,(H2,21,27)(H,23,28)/t16-,17-/m1/s1. The number of carbonyl (C=O) groups is 2. The second-order valence-corrected chi connectivity index (χ2v) is 7.11. The molecule has 2 aliphatic rings. The Morgan fingerprint density at radius 3 is 2.61 bits per heavy atom. The third kappa shape index (κ3) is 3.38. The summed E-state index contributed by atoms with van der Waals surface area (Å²) in [6, 6.07) is 10.5. The van der Waals surface area contributed by atoms with E-state index in [0.717, 1.165) is 11.1 Å². The van der Waals surface area contributed by atoms with Gasteiger partial charge in [0.25, 0.3) is 5.91 Å². The number of nitrogens with one attached hydrogen (secondary N) is 1. The van der Waals surface area contributed by atoms with Gasteiger partial charge in [0.05, 0.1) is 17.7 Å². The summed E-state index contributed by atoms with van der Waals surface area (Å²) in [6.45, 7) is 2.08. The van der Waals surface area contributed by atoms with Gasteiger partial charge in [-0.25, -0.2) is 9.78 Å². The van der Waals surface area contributed by atoms with Crippen LogP contribution in [0.1, 0.15) is 27.5 Å². The van der Waals surface area contributed by atoms with E-state index in [9.17, 15) is 14.7 Å². The highest BCUT2D eigenvalue weighted by molar-refractivity contribution is 5.97. The highest BCUT2D eigenvalue weighted by Gasteiger charge is 2.33. The zero-order valence-corrected chi connectivity index (χ0v) is 15.4. The fourth-order valence-electron chi connectivity index (χ4n) is 3.93. The molecule has 146 valence electrons. The second-order valence-electron chi connectivity index (χ2n) is 7.11. The SMILES string of the molecule is NC(=O)c1cccnc1N1CCN(C(=O)N[C@@H]2c3ccccc3C[C@H]2O)CC1. The number of benzene rings is 1. The largest absolute Gasteiger partial charge is 0.390 e. The molecule has 1 aromatic carbocycles. The molecule has 2 atom stereocenters. The van der Waals surface area contributed by atoms with E-state index >= 15 is 0 Å². The molecule has 0 bridgehead atoms. The van der Waals surface area contributed by atoms with Crippen molar-refractivity contribution in [3.05, 3.63) is 59.3 Å². The van der Waals surface area contributed by atoms with E-state index in [2.05, 4.69) is 10.3 Å². The molecule has 0 saturated carbocycles. The topological polar surface area (TPSA) is 112 Å². The van der Waals surface area contributed by atoms with Crippen LogP contribution in [0.4, 0.5) is 10.6 Å². The third-order valence-electron chi connectivity index (χ3n) is 5.40. The smallest absolute Gasteiger partial charge is 0.318 e. The molecule has 4 N–H and O–H groups in total. The van der Waals surface area contributed by atoms with Crippen LogP contribution in [0, 0.1) is 0 Å². The normalized spacial score (nSPS) is 21.3. The maximum Gasteiger partial charge on any atom is 0.318 e. The molecular formula is C20H23N5O3. The number of nitrogens with zero attached hydrogens (tertiary/aromatic N) is 3. The number of primary amides is 1. The molecule has 0 radical (unpaired) electrons. The Labute approximate surface area is 163 Å². The molecule has 0 unspecified atom stereocenters. The number of nitrogens with two attached hydrogens (primary N) is 1. The number of rotatable bonds is 3. The number of aliphatic hydroxyl groups is 1. The van der Waals surface area contributed by atoms with Crippen molar-refractivity contribution < 1.29 is 14.7 Å². The molecule has 2 aromatic rings. The Balaban J connectivity index is 1.39. The van der Waals surface area contributed by atoms with Gasteiger partial charge >= 0.3 is 6.03 Å². The van der Waals surface area contributed by atoms with Crippen LogP contribution in [-0.4, -0.2) is 59.2 Å². The lowest BCUT2D eigenvalue weighted by Crippen LogP contribution is -2.53. The lowest BCUT2D eigenvalue weighted by atomic mass is 10.1. The average molecular weight is 381 g/mol. The molecule has 8 heteroatoms. The van der Waals surface area contributed by atoms with Crippen molar-refractivity contribution >= 4 is 17.8 Å². The number of hydrogen-bond acceptors (Lipinski definition) is 5. The molecule has 1 aromatic heterocycles. The summed E-state index contributed by atoms with van der Waals surface area (Å²) in [5.74, 6) is 0.0346. The van der Waals surface area contributed by atoms with Gasteiger partial charge in [-0.05, 0) is 23.3 Å². The van der Waals surface area contributed by atoms with E-state index in [4.69, 9.17) is 5.73 Å². The number of piperazine rings is 1. The van der Waals surface area contributed by atoms with Gasteiger partial charge in [0.2, 0.25) is 0 Å². The van der Waals surface area contributed by atoms with Crippen molar-refractivity contribution in [2.75, 3.05) is 31.1 Å². The van der Waals surface area contributed by atoms with E-state index in [-0.39, 0.29) is 12.1 Å². The first-order chi connectivity index (χ1) is 13.5. The molecule has 2 heterocycles. The van der Waals surface area contributed by atoms with Crippen LogP contribution in [0.3, 0.4) is 0 Å². The monoisotopic (exact) mass is 381 g/mol. The molecule has 1 saturated heterocycles. The summed E-state index contributed by atoms with van der Waals surface area (Å²) >= 11 is 0. The number of aromatic nitrogens is 1. The van der Waals surface area contributed by atoms with Gasteiger partial charge in [-0.2, -0.15) is 0 Å². The summed E-state index contributed by atoms with van der Waals surface area (Å²) < 4.78 is 0. The summed E-state index contributed by atoms with van der Waals surface area (Å²) in [4.78, 5) is 32.3. The fraction of sp³-hybridized carbons (Fsp3) is 0.350. The number of anilines is 1. The predicted octanol–water partition coefficient (Wildman–Crippen LogP) is 0.670. The summed E-state index contributed by atoms with van der Waals surface area (Å²) in [6.07, 6.45) is 1.55. The zero-order chi connectivity index (χ0) is 19.7. The number of hydrogen-bond donors (Lipinski definition) is 3. The molecule has 1 aliphatic heterocycles. The molecular weight excluding hydrogens is 358 g/mol. The van der Waals surface area contributed by atoms with Crippen LogP contribution in [0.5, 0.6) is 0 Å². The van der Waals surface area contributed by atoms with E-state index in [1.54, 1.807) is 23.2 Å². The number of aliphatic hydroxyl groups excluding tert-OH is 1. The van der Waals surface area contributed by atoms with Crippen molar-refractivity contribution in [2.24, 2.45) is 5.73 Å². The molecule has 0 spiro atoms. The van der Waals surface area contributed by atoms with Crippen molar-refractivity contribution in [1.29, 1.82) is 0 Å². The Kier molecular flexibility index (Phi) is 4.87. The first kappa shape index (κ1) is 18.2. The maximum absolute atomic E-state index is 12.7. The van der Waals surface area contributed by atoms with Crippen LogP contribution in [0.15, 0.2) is 42.6 Å². The van der Waals surface area contributed by atoms with Crippen LogP contribution >= 0.6 is 0 Å². The van der Waals surface area contributed by atoms with E-state index in [0.29, 0.717) is 44.0 Å². The molecule has 8 nitrogen and oxygen atoms in total. The second kappa shape index (κ2) is 7.47. The summed E-state index contributed by atoms with van der Waals surface area (Å²) in [5.41, 5.74) is 7.86. The van der Waals surface area contributed by atoms with E-state index in [1.807, 2.05) is 29.2 Å². The maximum atomic E-state index is 12.7.